The van der Waals surface area contributed by atoms with E-state index in [2.05, 4.69) is 70.3 Å². The van der Waals surface area contributed by atoms with E-state index in [-0.39, 0.29) is 41.1 Å². The van der Waals surface area contributed by atoms with Crippen LogP contribution >= 0.6 is 0 Å². The molecule has 5 aromatic carbocycles. The molecule has 0 aliphatic heterocycles. The van der Waals surface area contributed by atoms with Gasteiger partial charge < -0.3 is 34.8 Å². The van der Waals surface area contributed by atoms with Gasteiger partial charge in [-0.05, 0) is 76.1 Å². The van der Waals surface area contributed by atoms with Crippen molar-refractivity contribution in [2.24, 2.45) is 5.41 Å². The summed E-state index contributed by atoms with van der Waals surface area (Å²) in [7, 11) is -2.49. The molecular weight excluding hydrogens is 781 g/mol. The van der Waals surface area contributed by atoms with Gasteiger partial charge in [-0.25, -0.2) is 9.59 Å². The van der Waals surface area contributed by atoms with Gasteiger partial charge in [0.2, 0.25) is 5.56 Å². The van der Waals surface area contributed by atoms with Crippen LogP contribution in [0.3, 0.4) is 0 Å². The van der Waals surface area contributed by atoms with Gasteiger partial charge in [0.15, 0.2) is 8.32 Å². The van der Waals surface area contributed by atoms with Crippen molar-refractivity contribution in [1.82, 2.24) is 9.88 Å². The number of hydrogen-bond donors (Lipinski definition) is 4. The molecular formula is C50H58N4O6Si. The van der Waals surface area contributed by atoms with Gasteiger partial charge in [0, 0.05) is 35.2 Å². The van der Waals surface area contributed by atoms with Gasteiger partial charge in [0.05, 0.1) is 23.9 Å². The minimum absolute atomic E-state index is 0.0527. The van der Waals surface area contributed by atoms with Crippen LogP contribution < -0.4 is 20.9 Å². The summed E-state index contributed by atoms with van der Waals surface area (Å²) in [4.78, 5) is 43.7. The van der Waals surface area contributed by atoms with Crippen molar-refractivity contribution in [3.63, 3.8) is 0 Å². The number of pyridine rings is 1. The monoisotopic (exact) mass is 838 g/mol. The predicted octanol–water partition coefficient (Wildman–Crippen LogP) is 12.3. The third kappa shape index (κ3) is 11.2. The maximum Gasteiger partial charge on any atom is 0.407 e. The van der Waals surface area contributed by atoms with Crippen molar-refractivity contribution in [2.45, 2.75) is 78.3 Å². The number of rotatable bonds is 14. The molecule has 3 amide bonds. The maximum atomic E-state index is 13.3. The minimum Gasteiger partial charge on any atom is -0.487 e. The zero-order chi connectivity index (χ0) is 44.0. The van der Waals surface area contributed by atoms with E-state index in [1.807, 2.05) is 121 Å². The average Bonchev–Trinajstić information content (AvgIpc) is 3.21. The molecule has 1 unspecified atom stereocenters. The number of hydrogen-bond acceptors (Lipinski definition) is 5. The van der Waals surface area contributed by atoms with E-state index in [1.54, 1.807) is 6.07 Å². The SMILES string of the molecule is CC(C)(C)C(CN(C[C@H](O[Si](C)(C)C(C)(C)C)c1ccc(OCc2ccccc2)c2[nH]c(=O)ccc12)C(=O)O)c1ccc(NC(=O)Nc2ccccc2-c2ccccc2)cc1. The second kappa shape index (κ2) is 18.6. The van der Waals surface area contributed by atoms with Gasteiger partial charge >= 0.3 is 12.1 Å². The number of nitrogens with zero attached hydrogens (tertiary/aromatic N) is 1. The average molecular weight is 839 g/mol. The van der Waals surface area contributed by atoms with Crippen LogP contribution in [0.1, 0.15) is 70.3 Å². The van der Waals surface area contributed by atoms with Crippen molar-refractivity contribution in [3.05, 3.63) is 161 Å². The molecule has 2 atom stereocenters. The molecule has 10 nitrogen and oxygen atoms in total. The number of anilines is 2. The summed E-state index contributed by atoms with van der Waals surface area (Å²) >= 11 is 0. The molecule has 6 rings (SSSR count). The molecule has 0 saturated heterocycles. The molecule has 61 heavy (non-hydrogen) atoms. The zero-order valence-corrected chi connectivity index (χ0v) is 37.4. The summed E-state index contributed by atoms with van der Waals surface area (Å²) in [5.74, 6) is 0.293. The number of ether oxygens (including phenoxy) is 1. The van der Waals surface area contributed by atoms with Gasteiger partial charge in [-0.2, -0.15) is 0 Å². The Hall–Kier alpha value is -6.17. The minimum atomic E-state index is -2.49. The van der Waals surface area contributed by atoms with Crippen molar-refractivity contribution in [1.29, 1.82) is 0 Å². The van der Waals surface area contributed by atoms with Crippen LogP contribution in [0.2, 0.25) is 18.1 Å². The van der Waals surface area contributed by atoms with E-state index in [9.17, 15) is 19.5 Å². The molecule has 4 N–H and O–H groups in total. The number of nitrogens with one attached hydrogen (secondary N) is 3. The number of urea groups is 1. The number of amides is 3. The summed E-state index contributed by atoms with van der Waals surface area (Å²) in [6, 6.07) is 41.6. The standard InChI is InChI=1S/C50H58N4O6Si/c1-49(2,3)41(36-23-25-37(26-24-36)51-47(56)52-42-22-16-15-21-38(42)35-19-13-10-14-20-35)31-54(48(57)58)32-44(60-61(7,8)50(4,5)6)39-27-29-43(46-40(39)28-30-45(55)53-46)59-33-34-17-11-9-12-18-34/h9-30,41,44H,31-33H2,1-8H3,(H,53,55)(H,57,58)(H2,51,52,56)/t41?,44-/m0/s1. The number of carboxylic acid groups (broad SMARTS) is 1. The molecule has 0 bridgehead atoms. The van der Waals surface area contributed by atoms with Crippen molar-refractivity contribution in [3.8, 4) is 16.9 Å². The highest BCUT2D eigenvalue weighted by molar-refractivity contribution is 6.74. The van der Waals surface area contributed by atoms with Gasteiger partial charge in [-0.3, -0.25) is 4.79 Å². The summed E-state index contributed by atoms with van der Waals surface area (Å²) in [6.07, 6.45) is -1.73. The third-order valence-electron chi connectivity index (χ3n) is 11.7. The molecule has 6 aromatic rings. The Bertz CT molecular complexity index is 2490. The van der Waals surface area contributed by atoms with Crippen LogP contribution in [0.25, 0.3) is 22.0 Å². The molecule has 0 aliphatic carbocycles. The Morgan fingerprint density at radius 2 is 1.39 bits per heavy atom. The number of benzene rings is 5. The molecule has 0 fully saturated rings. The Morgan fingerprint density at radius 3 is 2.03 bits per heavy atom. The highest BCUT2D eigenvalue weighted by Crippen LogP contribution is 2.43. The van der Waals surface area contributed by atoms with E-state index in [0.29, 0.717) is 29.2 Å². The Balaban J connectivity index is 1.26. The highest BCUT2D eigenvalue weighted by atomic mass is 28.4. The summed E-state index contributed by atoms with van der Waals surface area (Å²) in [6.45, 7) is 17.6. The van der Waals surface area contributed by atoms with Crippen LogP contribution in [0, 0.1) is 5.41 Å². The van der Waals surface area contributed by atoms with E-state index in [1.165, 1.54) is 11.0 Å². The second-order valence-corrected chi connectivity index (χ2v) is 22.9. The highest BCUT2D eigenvalue weighted by Gasteiger charge is 2.41. The van der Waals surface area contributed by atoms with Crippen LogP contribution in [0.15, 0.2) is 138 Å². The van der Waals surface area contributed by atoms with E-state index >= 15 is 0 Å². The third-order valence-corrected chi connectivity index (χ3v) is 16.1. The number of fused-ring (bicyclic) bond motifs is 1. The first-order chi connectivity index (χ1) is 28.9. The molecule has 0 aliphatic rings. The lowest BCUT2D eigenvalue weighted by atomic mass is 9.76. The molecule has 1 heterocycles. The number of aromatic amines is 1. The number of aromatic nitrogens is 1. The summed E-state index contributed by atoms with van der Waals surface area (Å²) < 4.78 is 13.4. The lowest BCUT2D eigenvalue weighted by molar-refractivity contribution is 0.0907. The van der Waals surface area contributed by atoms with Crippen molar-refractivity contribution < 1.29 is 23.9 Å². The van der Waals surface area contributed by atoms with E-state index < -0.39 is 20.5 Å². The normalized spacial score (nSPS) is 13.0. The van der Waals surface area contributed by atoms with Gasteiger partial charge in [0.25, 0.3) is 0 Å². The van der Waals surface area contributed by atoms with Gasteiger partial charge in [-0.15, -0.1) is 0 Å². The van der Waals surface area contributed by atoms with Crippen molar-refractivity contribution >= 4 is 42.7 Å². The van der Waals surface area contributed by atoms with Crippen LogP contribution in [0.4, 0.5) is 21.0 Å². The fraction of sp³-hybridized carbons (Fsp3) is 0.300. The van der Waals surface area contributed by atoms with Gasteiger partial charge in [0.1, 0.15) is 12.4 Å². The van der Waals surface area contributed by atoms with E-state index in [0.717, 1.165) is 33.2 Å². The zero-order valence-electron chi connectivity index (χ0n) is 36.4. The lowest BCUT2D eigenvalue weighted by Crippen LogP contribution is -2.46. The number of carbonyl (C=O) groups excluding carboxylic acids is 1. The fourth-order valence-electron chi connectivity index (χ4n) is 7.19. The van der Waals surface area contributed by atoms with Crippen LogP contribution in [-0.2, 0) is 11.0 Å². The molecule has 318 valence electrons. The quantitative estimate of drug-likeness (QED) is 0.0807. The van der Waals surface area contributed by atoms with Gasteiger partial charge in [-0.1, -0.05) is 139 Å². The first kappa shape index (κ1) is 44.4. The summed E-state index contributed by atoms with van der Waals surface area (Å²) in [5, 5.41) is 17.4. The smallest absolute Gasteiger partial charge is 0.407 e. The molecule has 0 radical (unpaired) electrons. The number of carbonyl (C=O) groups is 2. The Labute approximate surface area is 360 Å². The number of para-hydroxylation sites is 1. The first-order valence-electron chi connectivity index (χ1n) is 20.7. The first-order valence-corrected chi connectivity index (χ1v) is 23.6. The predicted molar refractivity (Wildman–Crippen MR) is 249 cm³/mol. The number of H-pyrrole nitrogens is 1. The second-order valence-electron chi connectivity index (χ2n) is 18.1. The fourth-order valence-corrected chi connectivity index (χ4v) is 8.46. The molecule has 0 saturated carbocycles. The van der Waals surface area contributed by atoms with Crippen molar-refractivity contribution in [2.75, 3.05) is 23.7 Å². The topological polar surface area (TPSA) is 133 Å². The molecule has 11 heteroatoms. The maximum absolute atomic E-state index is 13.3. The van der Waals surface area contributed by atoms with Crippen LogP contribution in [0.5, 0.6) is 5.75 Å². The Morgan fingerprint density at radius 1 is 0.754 bits per heavy atom. The summed E-state index contributed by atoms with van der Waals surface area (Å²) in [5.41, 5.74) is 5.80. The molecule has 0 spiro atoms. The van der Waals surface area contributed by atoms with E-state index in [4.69, 9.17) is 9.16 Å². The largest absolute Gasteiger partial charge is 0.487 e. The lowest BCUT2D eigenvalue weighted by Gasteiger charge is -2.41. The Kier molecular flexibility index (Phi) is 13.5. The van der Waals surface area contributed by atoms with Crippen LogP contribution in [-0.4, -0.2) is 48.5 Å². The molecule has 1 aromatic heterocycles.